The summed E-state index contributed by atoms with van der Waals surface area (Å²) in [5, 5.41) is 2.60. The summed E-state index contributed by atoms with van der Waals surface area (Å²) in [4.78, 5) is 13.6. The van der Waals surface area contributed by atoms with Gasteiger partial charge in [0.2, 0.25) is 0 Å². The number of halogens is 1. The average Bonchev–Trinajstić information content (AvgIpc) is 2.68. The number of hydrogen-bond donors (Lipinski definition) is 1. The van der Waals surface area contributed by atoms with E-state index in [0.717, 1.165) is 11.1 Å². The quantitative estimate of drug-likeness (QED) is 0.659. The third-order valence-electron chi connectivity index (χ3n) is 4.49. The Bertz CT molecular complexity index is 769. The molecule has 2 rings (SSSR count). The van der Waals surface area contributed by atoms with Crippen molar-refractivity contribution in [1.29, 1.82) is 0 Å². The minimum atomic E-state index is -1.48. The standard InChI is InChI=1S/C23H27FN2O/c1-5-15-26(16-6-2)17-23(3,24)21-13-11-19(12-14-21)18-7-9-20(10-8-18)22(27)25-4/h5-14H,1-2,15-17H2,3-4H3,(H,25,27)/t23-/m1/s1. The van der Waals surface area contributed by atoms with Crippen LogP contribution in [0.15, 0.2) is 73.8 Å². The van der Waals surface area contributed by atoms with E-state index in [2.05, 4.69) is 18.5 Å². The highest BCUT2D eigenvalue weighted by Crippen LogP contribution is 2.29. The largest absolute Gasteiger partial charge is 0.355 e. The predicted octanol–water partition coefficient (Wildman–Crippen LogP) is 4.57. The Kier molecular flexibility index (Phi) is 7.08. The molecule has 0 radical (unpaired) electrons. The van der Waals surface area contributed by atoms with E-state index in [1.54, 1.807) is 38.3 Å². The summed E-state index contributed by atoms with van der Waals surface area (Å²) >= 11 is 0. The minimum Gasteiger partial charge on any atom is -0.355 e. The Morgan fingerprint density at radius 2 is 1.52 bits per heavy atom. The van der Waals surface area contributed by atoms with Crippen LogP contribution < -0.4 is 5.32 Å². The van der Waals surface area contributed by atoms with Crippen LogP contribution in [0.1, 0.15) is 22.8 Å². The number of benzene rings is 2. The van der Waals surface area contributed by atoms with E-state index in [0.29, 0.717) is 24.2 Å². The van der Waals surface area contributed by atoms with Gasteiger partial charge in [0.1, 0.15) is 5.67 Å². The van der Waals surface area contributed by atoms with E-state index < -0.39 is 5.67 Å². The molecule has 4 heteroatoms. The first-order valence-corrected chi connectivity index (χ1v) is 8.97. The molecule has 1 amide bonds. The molecule has 2 aromatic rings. The SMILES string of the molecule is C=CCN(CC=C)C[C@@](C)(F)c1ccc(-c2ccc(C(=O)NC)cc2)cc1. The van der Waals surface area contributed by atoms with Crippen LogP contribution in [0, 0.1) is 0 Å². The predicted molar refractivity (Wildman–Crippen MR) is 111 cm³/mol. The van der Waals surface area contributed by atoms with Crippen molar-refractivity contribution in [3.8, 4) is 11.1 Å². The molecule has 0 aliphatic heterocycles. The molecular weight excluding hydrogens is 339 g/mol. The van der Waals surface area contributed by atoms with E-state index in [-0.39, 0.29) is 12.5 Å². The van der Waals surface area contributed by atoms with Crippen LogP contribution in [-0.4, -0.2) is 37.5 Å². The van der Waals surface area contributed by atoms with E-state index in [9.17, 15) is 4.79 Å². The lowest BCUT2D eigenvalue weighted by Gasteiger charge is -2.28. The van der Waals surface area contributed by atoms with Crippen LogP contribution >= 0.6 is 0 Å². The first-order valence-electron chi connectivity index (χ1n) is 8.97. The fraction of sp³-hybridized carbons (Fsp3) is 0.261. The fourth-order valence-corrected chi connectivity index (χ4v) is 3.05. The molecule has 0 unspecified atom stereocenters. The Hall–Kier alpha value is -2.72. The third kappa shape index (κ3) is 5.38. The van der Waals surface area contributed by atoms with Crippen molar-refractivity contribution in [3.05, 3.63) is 85.0 Å². The Morgan fingerprint density at radius 1 is 1.04 bits per heavy atom. The summed E-state index contributed by atoms with van der Waals surface area (Å²) in [6.45, 7) is 10.5. The molecule has 0 aromatic heterocycles. The fourth-order valence-electron chi connectivity index (χ4n) is 3.05. The highest BCUT2D eigenvalue weighted by Gasteiger charge is 2.28. The van der Waals surface area contributed by atoms with Gasteiger partial charge in [0.15, 0.2) is 0 Å². The smallest absolute Gasteiger partial charge is 0.251 e. The summed E-state index contributed by atoms with van der Waals surface area (Å²) in [6.07, 6.45) is 3.54. The summed E-state index contributed by atoms with van der Waals surface area (Å²) < 4.78 is 15.3. The number of hydrogen-bond acceptors (Lipinski definition) is 2. The summed E-state index contributed by atoms with van der Waals surface area (Å²) in [5.74, 6) is -0.117. The molecule has 3 nitrogen and oxygen atoms in total. The number of alkyl halides is 1. The molecule has 2 aromatic carbocycles. The van der Waals surface area contributed by atoms with Crippen molar-refractivity contribution >= 4 is 5.91 Å². The van der Waals surface area contributed by atoms with Gasteiger partial charge in [0.25, 0.3) is 5.91 Å². The van der Waals surface area contributed by atoms with Gasteiger partial charge in [-0.1, -0.05) is 48.6 Å². The van der Waals surface area contributed by atoms with Gasteiger partial charge in [-0.2, -0.15) is 0 Å². The second-order valence-electron chi connectivity index (χ2n) is 6.70. The summed E-state index contributed by atoms with van der Waals surface area (Å²) in [6, 6.07) is 14.8. The van der Waals surface area contributed by atoms with Crippen LogP contribution in [0.2, 0.25) is 0 Å². The minimum absolute atomic E-state index is 0.117. The van der Waals surface area contributed by atoms with E-state index in [4.69, 9.17) is 0 Å². The van der Waals surface area contributed by atoms with Gasteiger partial charge in [-0.3, -0.25) is 9.69 Å². The number of carbonyl (C=O) groups is 1. The molecule has 0 saturated carbocycles. The molecule has 27 heavy (non-hydrogen) atoms. The first-order chi connectivity index (χ1) is 12.9. The molecule has 0 fully saturated rings. The molecular formula is C23H27FN2O. The monoisotopic (exact) mass is 366 g/mol. The number of nitrogens with one attached hydrogen (secondary N) is 1. The lowest BCUT2D eigenvalue weighted by molar-refractivity contribution is 0.0963. The van der Waals surface area contributed by atoms with Crippen LogP contribution in [0.4, 0.5) is 4.39 Å². The van der Waals surface area contributed by atoms with Crippen molar-refractivity contribution in [2.24, 2.45) is 0 Å². The van der Waals surface area contributed by atoms with E-state index in [1.807, 2.05) is 41.3 Å². The van der Waals surface area contributed by atoms with Gasteiger partial charge in [-0.05, 0) is 35.7 Å². The Labute approximate surface area is 161 Å². The second kappa shape index (κ2) is 9.28. The zero-order valence-electron chi connectivity index (χ0n) is 16.0. The number of rotatable bonds is 9. The molecule has 0 aliphatic rings. The lowest BCUT2D eigenvalue weighted by atomic mass is 9.94. The van der Waals surface area contributed by atoms with Gasteiger partial charge in [-0.15, -0.1) is 13.2 Å². The molecule has 0 heterocycles. The number of carbonyl (C=O) groups excluding carboxylic acids is 1. The number of amides is 1. The average molecular weight is 366 g/mol. The summed E-state index contributed by atoms with van der Waals surface area (Å²) in [5.41, 5.74) is 1.72. The molecule has 142 valence electrons. The van der Waals surface area contributed by atoms with Crippen LogP contribution in [0.5, 0.6) is 0 Å². The lowest BCUT2D eigenvalue weighted by Crippen LogP contribution is -2.36. The van der Waals surface area contributed by atoms with Gasteiger partial charge >= 0.3 is 0 Å². The van der Waals surface area contributed by atoms with Gasteiger partial charge in [-0.25, -0.2) is 4.39 Å². The first kappa shape index (κ1) is 20.6. The zero-order valence-corrected chi connectivity index (χ0v) is 16.0. The molecule has 0 aliphatic carbocycles. The Morgan fingerprint density at radius 3 is 1.96 bits per heavy atom. The highest BCUT2D eigenvalue weighted by molar-refractivity contribution is 5.94. The van der Waals surface area contributed by atoms with Crippen molar-refractivity contribution < 1.29 is 9.18 Å². The maximum Gasteiger partial charge on any atom is 0.251 e. The molecule has 0 spiro atoms. The van der Waals surface area contributed by atoms with E-state index >= 15 is 4.39 Å². The second-order valence-corrected chi connectivity index (χ2v) is 6.70. The summed E-state index contributed by atoms with van der Waals surface area (Å²) in [7, 11) is 1.61. The van der Waals surface area contributed by atoms with Gasteiger partial charge < -0.3 is 5.32 Å². The maximum atomic E-state index is 15.3. The van der Waals surface area contributed by atoms with Gasteiger partial charge in [0.05, 0.1) is 0 Å². The van der Waals surface area contributed by atoms with Crippen molar-refractivity contribution in [1.82, 2.24) is 10.2 Å². The van der Waals surface area contributed by atoms with Crippen molar-refractivity contribution in [2.45, 2.75) is 12.6 Å². The normalized spacial score (nSPS) is 13.0. The highest BCUT2D eigenvalue weighted by atomic mass is 19.1. The van der Waals surface area contributed by atoms with Crippen LogP contribution in [0.3, 0.4) is 0 Å². The van der Waals surface area contributed by atoms with Gasteiger partial charge in [0, 0.05) is 32.2 Å². The third-order valence-corrected chi connectivity index (χ3v) is 4.49. The van der Waals surface area contributed by atoms with Crippen molar-refractivity contribution in [2.75, 3.05) is 26.7 Å². The van der Waals surface area contributed by atoms with E-state index in [1.165, 1.54) is 0 Å². The molecule has 0 bridgehead atoms. The van der Waals surface area contributed by atoms with Crippen LogP contribution in [0.25, 0.3) is 11.1 Å². The molecule has 1 N–H and O–H groups in total. The topological polar surface area (TPSA) is 32.3 Å². The molecule has 1 atom stereocenters. The maximum absolute atomic E-state index is 15.3. The zero-order chi connectivity index (χ0) is 19.9. The molecule has 0 saturated heterocycles. The van der Waals surface area contributed by atoms with Crippen LogP contribution in [-0.2, 0) is 5.67 Å². The number of nitrogens with zero attached hydrogens (tertiary/aromatic N) is 1. The Balaban J connectivity index is 2.16. The van der Waals surface area contributed by atoms with Crippen molar-refractivity contribution in [3.63, 3.8) is 0 Å².